The molecule has 1 saturated heterocycles. The van der Waals surface area contributed by atoms with E-state index in [2.05, 4.69) is 33.0 Å². The highest BCUT2D eigenvalue weighted by Gasteiger charge is 2.28. The Hall–Kier alpha value is -1.43. The van der Waals surface area contributed by atoms with Crippen molar-refractivity contribution in [3.63, 3.8) is 0 Å². The van der Waals surface area contributed by atoms with Gasteiger partial charge in [0.2, 0.25) is 0 Å². The Morgan fingerprint density at radius 3 is 3.20 bits per heavy atom. The summed E-state index contributed by atoms with van der Waals surface area (Å²) in [5.41, 5.74) is 0.357. The van der Waals surface area contributed by atoms with Crippen LogP contribution in [0.15, 0.2) is 6.20 Å². The average Bonchev–Trinajstić information content (AvgIpc) is 2.85. The molecule has 1 aromatic rings. The molecule has 1 amide bonds. The van der Waals surface area contributed by atoms with Gasteiger partial charge in [-0.15, -0.1) is 0 Å². The average molecular weight is 209 g/mol. The first kappa shape index (κ1) is 10.1. The van der Waals surface area contributed by atoms with Crippen molar-refractivity contribution < 1.29 is 4.79 Å². The molecule has 1 aliphatic rings. The Labute approximate surface area is 87.8 Å². The summed E-state index contributed by atoms with van der Waals surface area (Å²) >= 11 is 0. The van der Waals surface area contributed by atoms with Crippen molar-refractivity contribution in [2.24, 2.45) is 0 Å². The second kappa shape index (κ2) is 3.98. The molecule has 1 atom stereocenters. The highest BCUT2D eigenvalue weighted by molar-refractivity contribution is 5.91. The van der Waals surface area contributed by atoms with Crippen molar-refractivity contribution in [2.45, 2.75) is 25.3 Å². The van der Waals surface area contributed by atoms with E-state index < -0.39 is 0 Å². The minimum atomic E-state index is -0.182. The highest BCUT2D eigenvalue weighted by Crippen LogP contribution is 2.17. The van der Waals surface area contributed by atoms with Crippen molar-refractivity contribution >= 4 is 5.91 Å². The molecule has 2 heterocycles. The first-order valence-electron chi connectivity index (χ1n) is 5.09. The molecule has 1 aromatic heterocycles. The molecular weight excluding hydrogens is 194 g/mol. The number of H-pyrrole nitrogens is 1. The third-order valence-electron chi connectivity index (χ3n) is 2.74. The Balaban J connectivity index is 1.85. The maximum absolute atomic E-state index is 11.5. The SMILES string of the molecule is CC1(CNC(=O)c2cn[nH]n2)CCCN1. The van der Waals surface area contributed by atoms with E-state index in [1.54, 1.807) is 0 Å². The van der Waals surface area contributed by atoms with Gasteiger partial charge >= 0.3 is 0 Å². The summed E-state index contributed by atoms with van der Waals surface area (Å²) in [5, 5.41) is 15.9. The van der Waals surface area contributed by atoms with Gasteiger partial charge in [0, 0.05) is 12.1 Å². The lowest BCUT2D eigenvalue weighted by atomic mass is 10.0. The number of aromatic nitrogens is 3. The monoisotopic (exact) mass is 209 g/mol. The number of aromatic amines is 1. The lowest BCUT2D eigenvalue weighted by molar-refractivity contribution is 0.0937. The zero-order valence-electron chi connectivity index (χ0n) is 8.71. The second-order valence-corrected chi connectivity index (χ2v) is 4.13. The quantitative estimate of drug-likeness (QED) is 0.637. The minimum absolute atomic E-state index is 0.0272. The van der Waals surface area contributed by atoms with E-state index in [9.17, 15) is 4.79 Å². The predicted octanol–water partition coefficient (Wildman–Crippen LogP) is -0.323. The molecule has 1 aliphatic heterocycles. The lowest BCUT2D eigenvalue weighted by Crippen LogP contribution is -2.47. The van der Waals surface area contributed by atoms with Gasteiger partial charge in [-0.2, -0.15) is 15.4 Å². The van der Waals surface area contributed by atoms with Crippen molar-refractivity contribution in [3.8, 4) is 0 Å². The van der Waals surface area contributed by atoms with Crippen molar-refractivity contribution in [3.05, 3.63) is 11.9 Å². The van der Waals surface area contributed by atoms with Crippen LogP contribution in [0.1, 0.15) is 30.3 Å². The molecule has 3 N–H and O–H groups in total. The van der Waals surface area contributed by atoms with Crippen LogP contribution in [0, 0.1) is 0 Å². The van der Waals surface area contributed by atoms with Gasteiger partial charge < -0.3 is 10.6 Å². The Morgan fingerprint density at radius 2 is 2.60 bits per heavy atom. The van der Waals surface area contributed by atoms with Gasteiger partial charge in [-0.3, -0.25) is 4.79 Å². The molecule has 1 fully saturated rings. The van der Waals surface area contributed by atoms with Gasteiger partial charge in [-0.05, 0) is 26.3 Å². The molecule has 0 aliphatic carbocycles. The Morgan fingerprint density at radius 1 is 1.73 bits per heavy atom. The van der Waals surface area contributed by atoms with Crippen molar-refractivity contribution in [1.29, 1.82) is 0 Å². The number of rotatable bonds is 3. The van der Waals surface area contributed by atoms with Crippen LogP contribution < -0.4 is 10.6 Å². The van der Waals surface area contributed by atoms with Crippen molar-refractivity contribution in [1.82, 2.24) is 26.0 Å². The molecule has 1 unspecified atom stereocenters. The fourth-order valence-corrected chi connectivity index (χ4v) is 1.78. The first-order chi connectivity index (χ1) is 7.20. The van der Waals surface area contributed by atoms with Gasteiger partial charge in [-0.1, -0.05) is 0 Å². The predicted molar refractivity (Wildman–Crippen MR) is 54.4 cm³/mol. The van der Waals surface area contributed by atoms with E-state index in [1.165, 1.54) is 6.20 Å². The summed E-state index contributed by atoms with van der Waals surface area (Å²) in [6, 6.07) is 0. The molecule has 6 nitrogen and oxygen atoms in total. The van der Waals surface area contributed by atoms with Gasteiger partial charge in [0.05, 0.1) is 6.20 Å². The van der Waals surface area contributed by atoms with Crippen LogP contribution in [0.4, 0.5) is 0 Å². The van der Waals surface area contributed by atoms with E-state index in [-0.39, 0.29) is 11.4 Å². The number of hydrogen-bond donors (Lipinski definition) is 3. The highest BCUT2D eigenvalue weighted by atomic mass is 16.2. The van der Waals surface area contributed by atoms with Crippen molar-refractivity contribution in [2.75, 3.05) is 13.1 Å². The van der Waals surface area contributed by atoms with E-state index in [4.69, 9.17) is 0 Å². The standard InChI is InChI=1S/C9H15N5O/c1-9(3-2-4-11-9)6-10-8(15)7-5-12-14-13-7/h5,11H,2-4,6H2,1H3,(H,10,15)(H,12,13,14). The minimum Gasteiger partial charge on any atom is -0.349 e. The van der Waals surface area contributed by atoms with Crippen LogP contribution in [0.3, 0.4) is 0 Å². The van der Waals surface area contributed by atoms with Gasteiger partial charge in [0.15, 0.2) is 5.69 Å². The van der Waals surface area contributed by atoms with Gasteiger partial charge in [0.1, 0.15) is 0 Å². The van der Waals surface area contributed by atoms with E-state index in [0.717, 1.165) is 19.4 Å². The summed E-state index contributed by atoms with van der Waals surface area (Å²) in [4.78, 5) is 11.5. The molecule has 15 heavy (non-hydrogen) atoms. The van der Waals surface area contributed by atoms with E-state index in [1.807, 2.05) is 0 Å². The normalized spacial score (nSPS) is 25.4. The van der Waals surface area contributed by atoms with E-state index in [0.29, 0.717) is 12.2 Å². The lowest BCUT2D eigenvalue weighted by Gasteiger charge is -2.24. The number of carbonyl (C=O) groups is 1. The number of carbonyl (C=O) groups excluding carboxylic acids is 1. The largest absolute Gasteiger partial charge is 0.349 e. The maximum atomic E-state index is 11.5. The van der Waals surface area contributed by atoms with Crippen LogP contribution in [0.5, 0.6) is 0 Å². The zero-order chi connectivity index (χ0) is 10.7. The summed E-state index contributed by atoms with van der Waals surface area (Å²) in [5.74, 6) is -0.182. The summed E-state index contributed by atoms with van der Waals surface area (Å²) in [6.45, 7) is 3.76. The fraction of sp³-hybridized carbons (Fsp3) is 0.667. The molecule has 82 valence electrons. The molecule has 0 aromatic carbocycles. The first-order valence-corrected chi connectivity index (χ1v) is 5.09. The molecule has 6 heteroatoms. The molecule has 0 radical (unpaired) electrons. The Kier molecular flexibility index (Phi) is 2.68. The van der Waals surface area contributed by atoms with Gasteiger partial charge in [0.25, 0.3) is 5.91 Å². The third-order valence-corrected chi connectivity index (χ3v) is 2.74. The van der Waals surface area contributed by atoms with Crippen LogP contribution in [-0.4, -0.2) is 39.9 Å². The molecule has 2 rings (SSSR count). The second-order valence-electron chi connectivity index (χ2n) is 4.13. The van der Waals surface area contributed by atoms with Crippen LogP contribution >= 0.6 is 0 Å². The summed E-state index contributed by atoms with van der Waals surface area (Å²) in [6.07, 6.45) is 3.67. The number of amides is 1. The van der Waals surface area contributed by atoms with Crippen LogP contribution in [0.2, 0.25) is 0 Å². The molecular formula is C9H15N5O. The zero-order valence-corrected chi connectivity index (χ0v) is 8.71. The fourth-order valence-electron chi connectivity index (χ4n) is 1.78. The maximum Gasteiger partial charge on any atom is 0.273 e. The summed E-state index contributed by atoms with van der Waals surface area (Å²) < 4.78 is 0. The smallest absolute Gasteiger partial charge is 0.273 e. The third kappa shape index (κ3) is 2.33. The summed E-state index contributed by atoms with van der Waals surface area (Å²) in [7, 11) is 0. The number of hydrogen-bond acceptors (Lipinski definition) is 4. The molecule has 0 bridgehead atoms. The number of nitrogens with one attached hydrogen (secondary N) is 3. The molecule has 0 saturated carbocycles. The topological polar surface area (TPSA) is 82.7 Å². The Bertz CT molecular complexity index is 328. The van der Waals surface area contributed by atoms with Crippen LogP contribution in [-0.2, 0) is 0 Å². The molecule has 0 spiro atoms. The van der Waals surface area contributed by atoms with E-state index >= 15 is 0 Å². The van der Waals surface area contributed by atoms with Crippen LogP contribution in [0.25, 0.3) is 0 Å². The van der Waals surface area contributed by atoms with Gasteiger partial charge in [-0.25, -0.2) is 0 Å². The number of nitrogens with zero attached hydrogens (tertiary/aromatic N) is 2.